The van der Waals surface area contributed by atoms with Crippen molar-refractivity contribution in [1.82, 2.24) is 0 Å². The lowest BCUT2D eigenvalue weighted by atomic mass is 10.2. The van der Waals surface area contributed by atoms with Crippen LogP contribution in [-0.4, -0.2) is 26.2 Å². The van der Waals surface area contributed by atoms with E-state index in [4.69, 9.17) is 4.74 Å². The summed E-state index contributed by atoms with van der Waals surface area (Å²) in [5.41, 5.74) is 0.555. The summed E-state index contributed by atoms with van der Waals surface area (Å²) >= 11 is 3.36. The molecule has 2 rings (SSSR count). The highest BCUT2D eigenvalue weighted by Crippen LogP contribution is 2.25. The van der Waals surface area contributed by atoms with Gasteiger partial charge in [-0.3, -0.25) is 0 Å². The van der Waals surface area contributed by atoms with E-state index < -0.39 is 11.9 Å². The van der Waals surface area contributed by atoms with E-state index in [2.05, 4.69) is 30.7 Å². The molecule has 6 nitrogen and oxygen atoms in total. The number of ether oxygens (including phenoxy) is 3. The number of benzene rings is 2. The molecule has 0 heterocycles. The summed E-state index contributed by atoms with van der Waals surface area (Å²) in [5.74, 6) is -0.0159. The van der Waals surface area contributed by atoms with Crippen LogP contribution < -0.4 is 10.1 Å². The molecule has 130 valence electrons. The molecule has 0 unspecified atom stereocenters. The lowest BCUT2D eigenvalue weighted by molar-refractivity contribution is -0.138. The molecule has 0 fully saturated rings. The largest absolute Gasteiger partial charge is 0.466 e. The first kappa shape index (κ1) is 18.5. The summed E-state index contributed by atoms with van der Waals surface area (Å²) in [5, 5.41) is 2.82. The first-order chi connectivity index (χ1) is 12.0. The zero-order chi connectivity index (χ0) is 18.2. The Hall–Kier alpha value is -2.80. The van der Waals surface area contributed by atoms with Crippen molar-refractivity contribution in [1.29, 1.82) is 0 Å². The number of rotatable bonds is 6. The molecule has 0 aliphatic heterocycles. The summed E-state index contributed by atoms with van der Waals surface area (Å²) in [6.07, 6.45) is 1.03. The van der Waals surface area contributed by atoms with Gasteiger partial charge in [-0.1, -0.05) is 15.9 Å². The molecule has 0 atom stereocenters. The summed E-state index contributed by atoms with van der Waals surface area (Å²) < 4.78 is 15.8. The molecule has 0 bridgehead atoms. The maximum absolute atomic E-state index is 11.7. The lowest BCUT2D eigenvalue weighted by Gasteiger charge is -2.10. The van der Waals surface area contributed by atoms with Gasteiger partial charge in [0.15, 0.2) is 0 Å². The van der Waals surface area contributed by atoms with Crippen molar-refractivity contribution in [3.63, 3.8) is 0 Å². The fourth-order valence-electron chi connectivity index (χ4n) is 1.83. The van der Waals surface area contributed by atoms with Gasteiger partial charge < -0.3 is 19.5 Å². The third kappa shape index (κ3) is 5.65. The van der Waals surface area contributed by atoms with Gasteiger partial charge in [0.1, 0.15) is 17.2 Å². The van der Waals surface area contributed by atoms with Crippen LogP contribution in [0.5, 0.6) is 11.5 Å². The van der Waals surface area contributed by atoms with E-state index in [-0.39, 0.29) is 5.70 Å². The zero-order valence-corrected chi connectivity index (χ0v) is 15.2. The van der Waals surface area contributed by atoms with Crippen LogP contribution in [0.15, 0.2) is 64.8 Å². The number of hydrogen-bond donors (Lipinski definition) is 1. The average molecular weight is 406 g/mol. The molecule has 1 N–H and O–H groups in total. The van der Waals surface area contributed by atoms with E-state index in [1.54, 1.807) is 24.3 Å². The molecule has 0 radical (unpaired) electrons. The second kappa shape index (κ2) is 8.89. The van der Waals surface area contributed by atoms with Gasteiger partial charge in [0.2, 0.25) is 0 Å². The summed E-state index contributed by atoms with van der Waals surface area (Å²) in [6, 6.07) is 14.3. The van der Waals surface area contributed by atoms with Crippen molar-refractivity contribution >= 4 is 33.6 Å². The minimum absolute atomic E-state index is 0.0315. The Morgan fingerprint density at radius 3 is 2.00 bits per heavy atom. The number of carbonyl (C=O) groups is 2. The summed E-state index contributed by atoms with van der Waals surface area (Å²) in [4.78, 5) is 23.1. The molecule has 0 aliphatic rings. The Kier molecular flexibility index (Phi) is 6.59. The van der Waals surface area contributed by atoms with Crippen molar-refractivity contribution in [3.05, 3.63) is 64.8 Å². The van der Waals surface area contributed by atoms with Gasteiger partial charge in [-0.05, 0) is 48.5 Å². The van der Waals surface area contributed by atoms with E-state index in [1.165, 1.54) is 14.2 Å². The number of hydrogen-bond acceptors (Lipinski definition) is 6. The maximum Gasteiger partial charge on any atom is 0.354 e. The van der Waals surface area contributed by atoms with Crippen LogP contribution in [0.2, 0.25) is 0 Å². The Labute approximate surface area is 153 Å². The van der Waals surface area contributed by atoms with Gasteiger partial charge in [-0.15, -0.1) is 0 Å². The van der Waals surface area contributed by atoms with Gasteiger partial charge in [0.05, 0.1) is 20.3 Å². The number of esters is 2. The Morgan fingerprint density at radius 2 is 1.48 bits per heavy atom. The monoisotopic (exact) mass is 405 g/mol. The van der Waals surface area contributed by atoms with E-state index >= 15 is 0 Å². The van der Waals surface area contributed by atoms with E-state index in [9.17, 15) is 9.59 Å². The second-order valence-corrected chi connectivity index (χ2v) is 5.69. The van der Waals surface area contributed by atoms with Crippen molar-refractivity contribution < 1.29 is 23.8 Å². The van der Waals surface area contributed by atoms with Gasteiger partial charge >= 0.3 is 11.9 Å². The number of halogens is 1. The first-order valence-corrected chi connectivity index (χ1v) is 7.99. The average Bonchev–Trinajstić information content (AvgIpc) is 2.63. The van der Waals surface area contributed by atoms with Crippen molar-refractivity contribution in [2.24, 2.45) is 0 Å². The highest BCUT2D eigenvalue weighted by Gasteiger charge is 2.12. The van der Waals surface area contributed by atoms with Gasteiger partial charge in [0, 0.05) is 10.2 Å². The molecule has 0 aromatic heterocycles. The molecule has 7 heteroatoms. The highest BCUT2D eigenvalue weighted by molar-refractivity contribution is 9.10. The standard InChI is InChI=1S/C18H16BrNO5/c1-23-17(21)11-16(18(22)24-2)20-13-5-9-15(10-6-13)25-14-7-3-12(19)4-8-14/h3-11,20H,1-2H3/b16-11+. The SMILES string of the molecule is COC(=O)/C=C(/Nc1ccc(Oc2ccc(Br)cc2)cc1)C(=O)OC. The van der Waals surface area contributed by atoms with Crippen LogP contribution in [-0.2, 0) is 19.1 Å². The van der Waals surface area contributed by atoms with Crippen LogP contribution in [0.3, 0.4) is 0 Å². The van der Waals surface area contributed by atoms with Crippen LogP contribution in [0, 0.1) is 0 Å². The quantitative estimate of drug-likeness (QED) is 0.580. The molecule has 2 aromatic rings. The predicted molar refractivity (Wildman–Crippen MR) is 96.4 cm³/mol. The fraction of sp³-hybridized carbons (Fsp3) is 0.111. The Balaban J connectivity index is 2.09. The molecule has 0 saturated heterocycles. The smallest absolute Gasteiger partial charge is 0.354 e. The number of carbonyl (C=O) groups excluding carboxylic acids is 2. The molecule has 0 spiro atoms. The fourth-order valence-corrected chi connectivity index (χ4v) is 2.10. The summed E-state index contributed by atoms with van der Waals surface area (Å²) in [7, 11) is 2.45. The molecule has 0 amide bonds. The second-order valence-electron chi connectivity index (χ2n) is 4.78. The first-order valence-electron chi connectivity index (χ1n) is 7.20. The van der Waals surface area contributed by atoms with E-state index in [0.29, 0.717) is 17.2 Å². The number of nitrogens with one attached hydrogen (secondary N) is 1. The van der Waals surface area contributed by atoms with Crippen LogP contribution >= 0.6 is 15.9 Å². The molecule has 0 aliphatic carbocycles. The summed E-state index contributed by atoms with van der Waals surface area (Å²) in [6.45, 7) is 0. The Bertz CT molecular complexity index is 769. The minimum Gasteiger partial charge on any atom is -0.466 e. The Morgan fingerprint density at radius 1 is 0.920 bits per heavy atom. The van der Waals surface area contributed by atoms with E-state index in [0.717, 1.165) is 10.5 Å². The van der Waals surface area contributed by atoms with Crippen molar-refractivity contribution in [3.8, 4) is 11.5 Å². The van der Waals surface area contributed by atoms with Gasteiger partial charge in [0.25, 0.3) is 0 Å². The van der Waals surface area contributed by atoms with E-state index in [1.807, 2.05) is 24.3 Å². The van der Waals surface area contributed by atoms with Crippen molar-refractivity contribution in [2.75, 3.05) is 19.5 Å². The van der Waals surface area contributed by atoms with Crippen molar-refractivity contribution in [2.45, 2.75) is 0 Å². The predicted octanol–water partition coefficient (Wildman–Crippen LogP) is 3.88. The lowest BCUT2D eigenvalue weighted by Crippen LogP contribution is -2.15. The van der Waals surface area contributed by atoms with Crippen LogP contribution in [0.25, 0.3) is 0 Å². The molecule has 2 aromatic carbocycles. The molecule has 0 saturated carbocycles. The maximum atomic E-state index is 11.7. The normalized spacial score (nSPS) is 10.8. The molecule has 25 heavy (non-hydrogen) atoms. The molecular weight excluding hydrogens is 390 g/mol. The number of methoxy groups -OCH3 is 2. The molecular formula is C18H16BrNO5. The van der Waals surface area contributed by atoms with Crippen LogP contribution in [0.4, 0.5) is 5.69 Å². The van der Waals surface area contributed by atoms with Gasteiger partial charge in [-0.25, -0.2) is 9.59 Å². The van der Waals surface area contributed by atoms with Gasteiger partial charge in [-0.2, -0.15) is 0 Å². The third-order valence-corrected chi connectivity index (χ3v) is 3.58. The third-order valence-electron chi connectivity index (χ3n) is 3.05. The minimum atomic E-state index is -0.680. The zero-order valence-electron chi connectivity index (χ0n) is 13.6. The highest BCUT2D eigenvalue weighted by atomic mass is 79.9. The topological polar surface area (TPSA) is 73.9 Å². The number of anilines is 1. The van der Waals surface area contributed by atoms with Crippen LogP contribution in [0.1, 0.15) is 0 Å².